The molecule has 0 aromatic carbocycles. The minimum atomic E-state index is -0.0324. The van der Waals surface area contributed by atoms with E-state index in [2.05, 4.69) is 6.79 Å². The van der Waals surface area contributed by atoms with Crippen LogP contribution in [0.4, 0.5) is 0 Å². The first-order valence-electron chi connectivity index (χ1n) is 6.13. The molecule has 0 aromatic heterocycles. The number of hydrogen-bond acceptors (Lipinski definition) is 5. The molecule has 130 valence electrons. The number of aliphatic hydroxyl groups is 2. The fourth-order valence-corrected chi connectivity index (χ4v) is 0.745. The molecule has 0 spiro atoms. The molecule has 0 saturated heterocycles. The molecule has 0 radical (unpaired) electrons. The van der Waals surface area contributed by atoms with Gasteiger partial charge in [-0.2, -0.15) is 0 Å². The minimum absolute atomic E-state index is 0. The van der Waals surface area contributed by atoms with Crippen LogP contribution < -0.4 is 0 Å². The van der Waals surface area contributed by atoms with Gasteiger partial charge in [0.05, 0.1) is 11.5 Å². The van der Waals surface area contributed by atoms with Crippen LogP contribution in [0.5, 0.6) is 0 Å². The Morgan fingerprint density at radius 3 is 1.05 bits per heavy atom. The fourth-order valence-electron chi connectivity index (χ4n) is 0.745. The van der Waals surface area contributed by atoms with Gasteiger partial charge in [-0.3, -0.25) is 16.4 Å². The molecule has 0 aromatic rings. The number of hydrogen-bond donors (Lipinski definition) is 2. The van der Waals surface area contributed by atoms with Crippen molar-refractivity contribution in [3.8, 4) is 0 Å². The standard InChI is InChI=1S/2C7H12O2.CHO.CH3.Ru/c2*1-5(2)7(9)4-6(3)8;1-2;;/h2*4-5,8H,1-3H3;1H;1H3;/q;;2*-1;+2. The summed E-state index contributed by atoms with van der Waals surface area (Å²) in [6.07, 6.45) is 2.48. The van der Waals surface area contributed by atoms with Crippen LogP contribution in [0.25, 0.3) is 0 Å². The summed E-state index contributed by atoms with van der Waals surface area (Å²) in [6.45, 7) is 13.4. The second-order valence-corrected chi connectivity index (χ2v) is 4.69. The molecule has 0 rings (SSSR count). The molecule has 0 saturated carbocycles. The van der Waals surface area contributed by atoms with Gasteiger partial charge in [0.1, 0.15) is 0 Å². The van der Waals surface area contributed by atoms with Crippen molar-refractivity contribution in [2.75, 3.05) is 0 Å². The zero-order valence-corrected chi connectivity index (χ0v) is 16.1. The Balaban J connectivity index is -0.0000000726. The van der Waals surface area contributed by atoms with E-state index in [4.69, 9.17) is 15.0 Å². The van der Waals surface area contributed by atoms with Crippen molar-refractivity contribution in [1.82, 2.24) is 0 Å². The summed E-state index contributed by atoms with van der Waals surface area (Å²) < 4.78 is 0. The van der Waals surface area contributed by atoms with Gasteiger partial charge in [0.2, 0.25) is 0 Å². The third kappa shape index (κ3) is 27.1. The Morgan fingerprint density at radius 1 is 0.818 bits per heavy atom. The third-order valence-corrected chi connectivity index (χ3v) is 1.84. The number of carbonyl (C=O) groups is 2. The van der Waals surface area contributed by atoms with Gasteiger partial charge in [-0.05, 0) is 13.8 Å². The summed E-state index contributed by atoms with van der Waals surface area (Å²) in [5, 5.41) is 17.2. The Labute approximate surface area is 147 Å². The molecule has 2 N–H and O–H groups in total. The molecule has 0 aliphatic rings. The predicted molar refractivity (Wildman–Crippen MR) is 85.6 cm³/mol. The second-order valence-electron chi connectivity index (χ2n) is 4.69. The number of ketones is 2. The summed E-state index contributed by atoms with van der Waals surface area (Å²) >= 11 is 0. The molecule has 0 aliphatic heterocycles. The second kappa shape index (κ2) is 19.7. The van der Waals surface area contributed by atoms with Crippen molar-refractivity contribution >= 4 is 18.4 Å². The maximum absolute atomic E-state index is 10.7. The predicted octanol–water partition coefficient (Wildman–Crippen LogP) is 3.52. The summed E-state index contributed by atoms with van der Waals surface area (Å²) in [4.78, 5) is 29.2. The van der Waals surface area contributed by atoms with Crippen LogP contribution in [0.1, 0.15) is 41.5 Å². The van der Waals surface area contributed by atoms with Gasteiger partial charge in [-0.25, -0.2) is 0 Å². The van der Waals surface area contributed by atoms with E-state index in [9.17, 15) is 9.59 Å². The number of allylic oxidation sites excluding steroid dienone is 4. The van der Waals surface area contributed by atoms with Gasteiger partial charge in [-0.15, -0.1) is 0 Å². The van der Waals surface area contributed by atoms with Crippen molar-refractivity contribution in [2.45, 2.75) is 41.5 Å². The Bertz CT molecular complexity index is 316. The van der Waals surface area contributed by atoms with Crippen LogP contribution in [0.2, 0.25) is 0 Å². The van der Waals surface area contributed by atoms with Crippen molar-refractivity contribution < 1.29 is 44.1 Å². The molecule has 0 amide bonds. The molecule has 6 heteroatoms. The Morgan fingerprint density at radius 2 is 1.00 bits per heavy atom. The first-order valence-corrected chi connectivity index (χ1v) is 6.13. The zero-order chi connectivity index (χ0) is 16.9. The molecule has 0 aliphatic carbocycles. The normalized spacial score (nSPS) is 10.2. The Hall–Kier alpha value is -1.29. The molecule has 0 unspecified atom stereocenters. The average molecular weight is 401 g/mol. The topological polar surface area (TPSA) is 91.7 Å². The van der Waals surface area contributed by atoms with Crippen molar-refractivity contribution in [1.29, 1.82) is 0 Å². The van der Waals surface area contributed by atoms with Crippen LogP contribution in [0.15, 0.2) is 23.7 Å². The van der Waals surface area contributed by atoms with Gasteiger partial charge >= 0.3 is 19.5 Å². The van der Waals surface area contributed by atoms with E-state index in [1.807, 2.05) is 0 Å². The van der Waals surface area contributed by atoms with Gasteiger partial charge < -0.3 is 22.4 Å². The maximum Gasteiger partial charge on any atom is 2.00 e. The van der Waals surface area contributed by atoms with E-state index >= 15 is 0 Å². The molecular formula is C16H28O5Ru. The van der Waals surface area contributed by atoms with E-state index in [0.29, 0.717) is 0 Å². The minimum Gasteiger partial charge on any atom is -0.545 e. The fraction of sp³-hybridized carbons (Fsp3) is 0.500. The van der Waals surface area contributed by atoms with Crippen molar-refractivity contribution in [3.05, 3.63) is 31.1 Å². The van der Waals surface area contributed by atoms with Gasteiger partial charge in [-0.1, -0.05) is 27.7 Å². The summed E-state index contributed by atoms with van der Waals surface area (Å²) in [5.74, 6) is 0.0478. The summed E-state index contributed by atoms with van der Waals surface area (Å²) in [7, 11) is 0. The molecule has 0 heterocycles. The van der Waals surface area contributed by atoms with E-state index in [0.717, 1.165) is 0 Å². The molecular weight excluding hydrogens is 373 g/mol. The van der Waals surface area contributed by atoms with E-state index in [1.165, 1.54) is 26.0 Å². The smallest absolute Gasteiger partial charge is 0.545 e. The largest absolute Gasteiger partial charge is 2.00 e. The van der Waals surface area contributed by atoms with Crippen LogP contribution in [0.3, 0.4) is 0 Å². The molecule has 0 bridgehead atoms. The number of rotatable bonds is 4. The molecule has 0 atom stereocenters. The van der Waals surface area contributed by atoms with Crippen LogP contribution in [0, 0.1) is 19.3 Å². The summed E-state index contributed by atoms with van der Waals surface area (Å²) in [6, 6.07) is 0. The average Bonchev–Trinajstić information content (AvgIpc) is 2.30. The van der Waals surface area contributed by atoms with Crippen molar-refractivity contribution in [2.24, 2.45) is 11.8 Å². The maximum atomic E-state index is 10.7. The van der Waals surface area contributed by atoms with Crippen LogP contribution in [-0.2, 0) is 33.9 Å². The molecule has 22 heavy (non-hydrogen) atoms. The van der Waals surface area contributed by atoms with E-state index in [1.54, 1.807) is 27.7 Å². The number of aliphatic hydroxyl groups excluding tert-OH is 2. The molecule has 5 nitrogen and oxygen atoms in total. The molecule has 0 fully saturated rings. The quantitative estimate of drug-likeness (QED) is 0.247. The van der Waals surface area contributed by atoms with Gasteiger partial charge in [0.15, 0.2) is 11.6 Å². The van der Waals surface area contributed by atoms with Crippen LogP contribution >= 0.6 is 0 Å². The van der Waals surface area contributed by atoms with E-state index in [-0.39, 0.29) is 61.8 Å². The van der Waals surface area contributed by atoms with Gasteiger partial charge in [0, 0.05) is 24.0 Å². The van der Waals surface area contributed by atoms with E-state index < -0.39 is 0 Å². The monoisotopic (exact) mass is 402 g/mol. The first-order chi connectivity index (χ1) is 9.07. The van der Waals surface area contributed by atoms with Gasteiger partial charge in [0.25, 0.3) is 0 Å². The third-order valence-electron chi connectivity index (χ3n) is 1.84. The number of carbonyl (C=O) groups excluding carboxylic acids is 3. The zero-order valence-electron chi connectivity index (χ0n) is 14.4. The van der Waals surface area contributed by atoms with Crippen molar-refractivity contribution in [3.63, 3.8) is 0 Å². The first kappa shape index (κ1) is 32.6. The Kier molecular flexibility index (Phi) is 29.2. The SMILES string of the molecule is CC(O)=CC(=O)C(C)C.CC(O)=CC(=O)C(C)C.[CH-]=O.[CH3-].[Ru+2]. The summed E-state index contributed by atoms with van der Waals surface area (Å²) in [5.41, 5.74) is 0. The van der Waals surface area contributed by atoms with Crippen LogP contribution in [-0.4, -0.2) is 28.6 Å².